The number of nitrogen functional groups attached to an aromatic ring is 4. The van der Waals surface area contributed by atoms with Gasteiger partial charge in [-0.2, -0.15) is 9.97 Å². The lowest BCUT2D eigenvalue weighted by Crippen LogP contribution is -2.41. The van der Waals surface area contributed by atoms with E-state index in [1.165, 1.54) is 79.3 Å². The highest BCUT2D eigenvalue weighted by molar-refractivity contribution is 9.10. The van der Waals surface area contributed by atoms with Crippen molar-refractivity contribution in [2.24, 2.45) is 51.4 Å². The minimum absolute atomic E-state index is 0.00749. The zero-order chi connectivity index (χ0) is 105. The quantitative estimate of drug-likeness (QED) is 0.0201. The number of aromatic amines is 1. The standard InChI is InChI=1S/C24H28N4O3.C23H26N4O4.C22H30O5.C20H25BrO4.C20H26O4.C4H6N4O/c1-14(29)10-15-6-8-24(9-7-15)18-5-4-16(11-17(18)12-30-24)20-23(2,3)31-22-19(28-20)21(25)26-13-27-22;1-22(2)19(27-18-20(24)25-12-26-21(18)31-22)14-3-4-16-15(10-14)11-30-23(16)7-5-13(6-8-23)9-17(28)29;1-15(2)22(25-10-11-26-22)18-4-5-19-17(13-18)14-27-21(19)8-6-16(7-9-21)12-20(23)24-3;1-19(2,21)18(23)14-4-5-16-15(11-14)12-25-20(16)8-6-13(7-9-20)10-17(22)24-3;1-13(2)19(22)15-4-5-17-16(11-15)12-24-20(17)8-6-14(7-9-20)10-18(21)23-3;5-2-3(6)7-1-8-4(2)9/h4-5,11,13,15H,6-10,12H2,1-3H3,(H2,25,26,27);3-4,10,12-13H,5-9,11H2,1-2H3,(H,28,29)(H2,24,25,26);4-5,13,15-16H,6-12,14H2,1-3H3;4-5,11,13H,6-10,12H2,1-3H3;4-5,11,13-14H,6-10,12H2,1-3H3;1H,5H2,(H3,6,7,8,9). The van der Waals surface area contributed by atoms with E-state index >= 15 is 0 Å². The van der Waals surface area contributed by atoms with E-state index < -0.39 is 32.8 Å². The number of carboxylic acids is 1. The normalized spacial score (nSPS) is 25.5. The van der Waals surface area contributed by atoms with Crippen LogP contribution in [0.25, 0.3) is 0 Å². The molecule has 0 amide bonds. The van der Waals surface area contributed by atoms with Gasteiger partial charge in [0, 0.05) is 71.8 Å². The van der Waals surface area contributed by atoms with Crippen molar-refractivity contribution in [1.29, 1.82) is 0 Å². The molecule has 8 aliphatic heterocycles. The molecule has 21 rings (SSSR count). The second-order valence-corrected chi connectivity index (χ2v) is 45.7. The fourth-order valence-electron chi connectivity index (χ4n) is 23.9. The Morgan fingerprint density at radius 1 is 0.449 bits per heavy atom. The highest BCUT2D eigenvalue weighted by Gasteiger charge is 2.52. The second-order valence-electron chi connectivity index (χ2n) is 43.7. The van der Waals surface area contributed by atoms with Crippen molar-refractivity contribution in [3.63, 3.8) is 0 Å². The van der Waals surface area contributed by atoms with Crippen LogP contribution in [0.3, 0.4) is 0 Å². The van der Waals surface area contributed by atoms with Crippen LogP contribution in [0.2, 0.25) is 0 Å². The number of nitrogens with two attached hydrogens (primary N) is 4. The van der Waals surface area contributed by atoms with Crippen LogP contribution in [-0.4, -0.2) is 138 Å². The van der Waals surface area contributed by atoms with E-state index in [-0.39, 0.29) is 98.9 Å². The Balaban J connectivity index is 0.000000129. The van der Waals surface area contributed by atoms with Crippen molar-refractivity contribution in [2.45, 2.75) is 319 Å². The molecular formula is C113H141BrN12O21. The van der Waals surface area contributed by atoms with Gasteiger partial charge in [0.15, 0.2) is 46.2 Å². The Labute approximate surface area is 866 Å². The molecule has 13 aliphatic rings. The number of anilines is 4. The van der Waals surface area contributed by atoms with Gasteiger partial charge in [-0.15, -0.1) is 0 Å². The number of esters is 3. The summed E-state index contributed by atoms with van der Waals surface area (Å²) in [7, 11) is 4.34. The van der Waals surface area contributed by atoms with E-state index in [0.717, 1.165) is 184 Å². The van der Waals surface area contributed by atoms with Crippen molar-refractivity contribution >= 4 is 103 Å². The third kappa shape index (κ3) is 23.2. The number of nitrogens with zero attached hydrogens (tertiary/aromatic N) is 7. The van der Waals surface area contributed by atoms with Gasteiger partial charge in [-0.3, -0.25) is 33.6 Å². The number of benzene rings is 5. The predicted molar refractivity (Wildman–Crippen MR) is 555 cm³/mol. The van der Waals surface area contributed by atoms with Crippen molar-refractivity contribution in [3.8, 4) is 11.8 Å². The van der Waals surface area contributed by atoms with Crippen LogP contribution in [0, 0.1) is 41.4 Å². The van der Waals surface area contributed by atoms with Crippen molar-refractivity contribution < 1.29 is 95.5 Å². The number of aliphatic carboxylic acids is 1. The van der Waals surface area contributed by atoms with E-state index in [1.54, 1.807) is 6.92 Å². The van der Waals surface area contributed by atoms with Crippen molar-refractivity contribution in [3.05, 3.63) is 204 Å². The summed E-state index contributed by atoms with van der Waals surface area (Å²) in [5, 5.41) is 9.09. The first-order valence-corrected chi connectivity index (χ1v) is 52.5. The fourth-order valence-corrected chi connectivity index (χ4v) is 24.1. The zero-order valence-corrected chi connectivity index (χ0v) is 88.6. The molecule has 10 N–H and O–H groups in total. The average Bonchev–Trinajstić information content (AvgIpc) is 1.58. The van der Waals surface area contributed by atoms with Crippen LogP contribution in [0.15, 0.2) is 125 Å². The molecule has 8 aromatic rings. The molecule has 3 aromatic heterocycles. The summed E-state index contributed by atoms with van der Waals surface area (Å²) in [5.74, 6) is 2.43. The molecule has 33 nitrogen and oxygen atoms in total. The summed E-state index contributed by atoms with van der Waals surface area (Å²) in [6.07, 6.45) is 25.3. The number of methoxy groups -OCH3 is 3. The monoisotopic (exact) mass is 2080 g/mol. The molecule has 147 heavy (non-hydrogen) atoms. The molecule has 5 spiro atoms. The summed E-state index contributed by atoms with van der Waals surface area (Å²) >= 11 is 3.44. The third-order valence-corrected chi connectivity index (χ3v) is 32.4. The number of carbonyl (C=O) groups excluding carboxylic acids is 6. The van der Waals surface area contributed by atoms with Gasteiger partial charge in [-0.05, 0) is 292 Å². The van der Waals surface area contributed by atoms with E-state index in [9.17, 15) is 38.4 Å². The molecule has 786 valence electrons. The Bertz CT molecular complexity index is 6200. The number of hydrogen-bond acceptors (Lipinski definition) is 31. The Hall–Kier alpha value is -11.6. The van der Waals surface area contributed by atoms with Crippen LogP contribution >= 0.6 is 15.9 Å². The molecular weight excluding hydrogens is 1940 g/mol. The molecule has 34 heteroatoms. The lowest BCUT2D eigenvalue weighted by molar-refractivity contribution is -0.197. The van der Waals surface area contributed by atoms with Gasteiger partial charge >= 0.3 is 23.9 Å². The summed E-state index contributed by atoms with van der Waals surface area (Å²) in [4.78, 5) is 124. The number of carbonyl (C=O) groups is 7. The van der Waals surface area contributed by atoms with Gasteiger partial charge in [-0.1, -0.05) is 104 Å². The fraction of sp³-hybridized carbons (Fsp3) is 0.549. The number of halogens is 1. The second kappa shape index (κ2) is 44.3. The number of alkyl halides is 1. The topological polar surface area (TPSA) is 477 Å². The number of aromatic nitrogens is 6. The van der Waals surface area contributed by atoms with Crippen LogP contribution in [0.5, 0.6) is 11.8 Å². The van der Waals surface area contributed by atoms with Gasteiger partial charge in [0.25, 0.3) is 5.56 Å². The highest BCUT2D eigenvalue weighted by atomic mass is 79.9. The van der Waals surface area contributed by atoms with E-state index in [1.807, 2.05) is 79.7 Å². The van der Waals surface area contributed by atoms with Crippen LogP contribution in [-0.2, 0) is 138 Å². The largest absolute Gasteiger partial charge is 0.481 e. The van der Waals surface area contributed by atoms with Crippen molar-refractivity contribution in [1.82, 2.24) is 29.9 Å². The smallest absolute Gasteiger partial charge is 0.305 e. The Kier molecular flexibility index (Phi) is 32.5. The summed E-state index contributed by atoms with van der Waals surface area (Å²) in [5.41, 5.74) is 38.6. The third-order valence-electron chi connectivity index (χ3n) is 32.0. The molecule has 0 atom stereocenters. The van der Waals surface area contributed by atoms with Gasteiger partial charge < -0.3 is 94.7 Å². The molecule has 5 aromatic carbocycles. The van der Waals surface area contributed by atoms with Crippen molar-refractivity contribution in [2.75, 3.05) is 57.5 Å². The molecule has 5 aliphatic carbocycles. The summed E-state index contributed by atoms with van der Waals surface area (Å²) in [6.45, 7) is 25.6. The first kappa shape index (κ1) is 108. The number of hydrogen-bond donors (Lipinski definition) is 6. The van der Waals surface area contributed by atoms with Gasteiger partial charge in [-0.25, -0.2) is 24.9 Å². The van der Waals surface area contributed by atoms with Gasteiger partial charge in [0.2, 0.25) is 11.8 Å². The molecule has 6 fully saturated rings. The molecule has 0 bridgehead atoms. The number of Topliss-reactive ketones (excluding diaryl/α,β-unsaturated/α-hetero) is 3. The van der Waals surface area contributed by atoms with Gasteiger partial charge in [0.1, 0.15) is 35.3 Å². The average molecular weight is 2080 g/mol. The number of ether oxygens (including phenoxy) is 12. The lowest BCUT2D eigenvalue weighted by atomic mass is 9.73. The number of rotatable bonds is 18. The number of ketones is 3. The number of H-pyrrole nitrogens is 1. The maximum absolute atomic E-state index is 12.5. The zero-order valence-electron chi connectivity index (χ0n) is 87.0. The molecule has 5 saturated carbocycles. The van der Waals surface area contributed by atoms with Crippen LogP contribution < -0.4 is 38.0 Å². The minimum atomic E-state index is -0.718. The Morgan fingerprint density at radius 2 is 0.789 bits per heavy atom. The predicted octanol–water partition coefficient (Wildman–Crippen LogP) is 19.5. The van der Waals surface area contributed by atoms with E-state index in [2.05, 4.69) is 126 Å². The molecule has 11 heterocycles. The number of aliphatic imine (C=N–C) groups is 2. The van der Waals surface area contributed by atoms with E-state index in [4.69, 9.17) is 94.9 Å². The first-order chi connectivity index (χ1) is 69.9. The van der Waals surface area contributed by atoms with Crippen LogP contribution in [0.4, 0.5) is 34.5 Å². The summed E-state index contributed by atoms with van der Waals surface area (Å²) in [6, 6.07) is 31.4. The molecule has 1 saturated heterocycles. The Morgan fingerprint density at radius 3 is 1.13 bits per heavy atom. The summed E-state index contributed by atoms with van der Waals surface area (Å²) < 4.78 is 69.6. The molecule has 0 radical (unpaired) electrons. The maximum atomic E-state index is 12.5. The van der Waals surface area contributed by atoms with E-state index in [0.29, 0.717) is 130 Å². The highest BCUT2D eigenvalue weighted by Crippen LogP contribution is 2.57. The number of fused-ring (bicyclic) bond motifs is 12. The number of nitrogens with one attached hydrogen (secondary N) is 1. The van der Waals surface area contributed by atoms with Crippen LogP contribution in [0.1, 0.15) is 330 Å². The lowest BCUT2D eigenvalue weighted by Gasteiger charge is -2.37. The minimum Gasteiger partial charge on any atom is -0.481 e. The first-order valence-electron chi connectivity index (χ1n) is 51.7. The number of carboxylic acid groups (broad SMARTS) is 1. The SMILES string of the molecule is CC(=O)CC1CCC2(CC1)OCc1cc(C3=Nc4c(N)ncnc4OC3(C)C)ccc12.CC1(C)Oc2ncnc(N)c2N=C1c1ccc2c(c1)COC21CCC(CC(=O)O)CC1.COC(=O)CC1CCC2(CC1)OCc1cc(C(=O)C(C)(C)Br)ccc12.COC(=O)CC1CCC2(CC1)OCc1cc(C(=O)C(C)C)ccc12.COC(=O)CC1CCC2(CC1)OCc1cc(C3(C(C)C)OCCO3)ccc12.Nc1nc[nH]c(=O)c1N. The van der Waals surface area contributed by atoms with Gasteiger partial charge in [0.05, 0.1) is 118 Å². The molecule has 0 unspecified atom stereocenters. The maximum Gasteiger partial charge on any atom is 0.305 e.